The minimum absolute atomic E-state index is 0.154. The topological polar surface area (TPSA) is 93.2 Å². The molecule has 7 nitrogen and oxygen atoms in total. The summed E-state index contributed by atoms with van der Waals surface area (Å²) in [7, 11) is 3.89. The van der Waals surface area contributed by atoms with Gasteiger partial charge in [-0.2, -0.15) is 5.10 Å². The number of likely N-dealkylation sites (N-methyl/N-ethyl adjacent to an activating group) is 1. The average Bonchev–Trinajstić information content (AvgIpc) is 2.41. The Morgan fingerprint density at radius 3 is 2.81 bits per heavy atom. The van der Waals surface area contributed by atoms with Crippen molar-refractivity contribution < 1.29 is 4.79 Å². The summed E-state index contributed by atoms with van der Waals surface area (Å²) < 4.78 is 1.91. The van der Waals surface area contributed by atoms with Crippen LogP contribution >= 0.6 is 15.9 Å². The lowest BCUT2D eigenvalue weighted by atomic mass is 10.2. The van der Waals surface area contributed by atoms with Crippen molar-refractivity contribution in [1.82, 2.24) is 14.7 Å². The second-order valence-corrected chi connectivity index (χ2v) is 5.85. The van der Waals surface area contributed by atoms with Crippen molar-refractivity contribution in [2.24, 2.45) is 5.73 Å². The fourth-order valence-electron chi connectivity index (χ4n) is 1.69. The molecule has 0 aromatic carbocycles. The van der Waals surface area contributed by atoms with Gasteiger partial charge in [-0.15, -0.1) is 0 Å². The van der Waals surface area contributed by atoms with Crippen LogP contribution in [0.25, 0.3) is 0 Å². The van der Waals surface area contributed by atoms with Gasteiger partial charge in [0.25, 0.3) is 5.56 Å². The predicted molar refractivity (Wildman–Crippen MR) is 86.3 cm³/mol. The van der Waals surface area contributed by atoms with E-state index in [9.17, 15) is 9.59 Å². The van der Waals surface area contributed by atoms with Gasteiger partial charge in [-0.1, -0.05) is 0 Å². The minimum Gasteiger partial charge on any atom is -0.383 e. The normalized spacial score (nSPS) is 10.9. The molecule has 0 atom stereocenters. The van der Waals surface area contributed by atoms with Crippen molar-refractivity contribution in [3.05, 3.63) is 21.0 Å². The fraction of sp³-hybridized carbons (Fsp3) is 0.615. The molecule has 0 bridgehead atoms. The Kier molecular flexibility index (Phi) is 7.38. The van der Waals surface area contributed by atoms with E-state index in [1.807, 2.05) is 19.0 Å². The van der Waals surface area contributed by atoms with Gasteiger partial charge in [-0.25, -0.2) is 4.68 Å². The number of halogens is 1. The molecule has 118 valence electrons. The molecule has 0 aliphatic rings. The highest BCUT2D eigenvalue weighted by atomic mass is 79.9. The van der Waals surface area contributed by atoms with Crippen molar-refractivity contribution >= 4 is 27.5 Å². The molecule has 0 unspecified atom stereocenters. The molecule has 0 aliphatic heterocycles. The summed E-state index contributed by atoms with van der Waals surface area (Å²) in [5.74, 6) is -0.290. The van der Waals surface area contributed by atoms with Crippen molar-refractivity contribution in [3.63, 3.8) is 0 Å². The van der Waals surface area contributed by atoms with E-state index in [1.54, 1.807) is 6.20 Å². The highest BCUT2D eigenvalue weighted by Gasteiger charge is 2.08. The summed E-state index contributed by atoms with van der Waals surface area (Å²) in [6.07, 6.45) is 3.55. The third-order valence-electron chi connectivity index (χ3n) is 2.91. The monoisotopic (exact) mass is 359 g/mol. The zero-order chi connectivity index (χ0) is 15.8. The van der Waals surface area contributed by atoms with Gasteiger partial charge in [0, 0.05) is 19.5 Å². The molecule has 1 aromatic heterocycles. The van der Waals surface area contributed by atoms with Crippen LogP contribution in [0.15, 0.2) is 15.5 Å². The smallest absolute Gasteiger partial charge is 0.283 e. The molecule has 3 N–H and O–H groups in total. The number of unbranched alkanes of at least 4 members (excludes halogenated alkanes) is 1. The van der Waals surface area contributed by atoms with Crippen molar-refractivity contribution in [1.29, 1.82) is 0 Å². The van der Waals surface area contributed by atoms with Gasteiger partial charge in [0.2, 0.25) is 5.91 Å². The highest BCUT2D eigenvalue weighted by Crippen LogP contribution is 2.16. The zero-order valence-electron chi connectivity index (χ0n) is 12.4. The van der Waals surface area contributed by atoms with Gasteiger partial charge in [0.1, 0.15) is 4.47 Å². The van der Waals surface area contributed by atoms with E-state index in [-0.39, 0.29) is 11.5 Å². The van der Waals surface area contributed by atoms with Gasteiger partial charge in [0.15, 0.2) is 0 Å². The second kappa shape index (κ2) is 8.78. The first-order chi connectivity index (χ1) is 9.91. The van der Waals surface area contributed by atoms with Crippen LogP contribution in [0.2, 0.25) is 0 Å². The Balaban J connectivity index is 2.55. The van der Waals surface area contributed by atoms with E-state index in [4.69, 9.17) is 5.73 Å². The van der Waals surface area contributed by atoms with Gasteiger partial charge >= 0.3 is 0 Å². The molecule has 0 saturated carbocycles. The van der Waals surface area contributed by atoms with Gasteiger partial charge in [-0.05, 0) is 42.9 Å². The highest BCUT2D eigenvalue weighted by molar-refractivity contribution is 9.10. The second-order valence-electron chi connectivity index (χ2n) is 5.05. The average molecular weight is 360 g/mol. The van der Waals surface area contributed by atoms with Crippen LogP contribution in [0.4, 0.5) is 5.69 Å². The molecule has 0 saturated heterocycles. The fourth-order valence-corrected chi connectivity index (χ4v) is 2.14. The maximum absolute atomic E-state index is 12.1. The largest absolute Gasteiger partial charge is 0.383 e. The number of carbonyl (C=O) groups excluding carboxylic acids is 1. The Hall–Kier alpha value is -1.41. The van der Waals surface area contributed by atoms with E-state index >= 15 is 0 Å². The SMILES string of the molecule is CN(C)CCn1ncc(NCCCCC(N)=O)c(Br)c1=O. The number of hydrogen-bond donors (Lipinski definition) is 2. The third kappa shape index (κ3) is 6.26. The molecule has 0 radical (unpaired) electrons. The number of rotatable bonds is 9. The number of hydrogen-bond acceptors (Lipinski definition) is 5. The van der Waals surface area contributed by atoms with E-state index in [0.29, 0.717) is 29.7 Å². The van der Waals surface area contributed by atoms with Crippen LogP contribution in [-0.4, -0.2) is 47.8 Å². The number of anilines is 1. The molecule has 0 fully saturated rings. The third-order valence-corrected chi connectivity index (χ3v) is 3.68. The molecule has 1 heterocycles. The first-order valence-corrected chi connectivity index (χ1v) is 7.63. The maximum atomic E-state index is 12.1. The molecule has 1 amide bonds. The molecule has 1 aromatic rings. The lowest BCUT2D eigenvalue weighted by Gasteiger charge is -2.12. The zero-order valence-corrected chi connectivity index (χ0v) is 14.0. The predicted octanol–water partition coefficient (Wildman–Crippen LogP) is 0.635. The van der Waals surface area contributed by atoms with Crippen molar-refractivity contribution in [2.45, 2.75) is 25.8 Å². The molecular formula is C13H22BrN5O2. The molecule has 21 heavy (non-hydrogen) atoms. The Bertz CT molecular complexity index is 530. The number of carbonyl (C=O) groups is 1. The molecule has 8 heteroatoms. The maximum Gasteiger partial charge on any atom is 0.283 e. The van der Waals surface area contributed by atoms with Crippen LogP contribution in [-0.2, 0) is 11.3 Å². The number of nitrogens with one attached hydrogen (secondary N) is 1. The standard InChI is InChI=1S/C13H22BrN5O2/c1-18(2)7-8-19-13(21)12(14)10(9-17-19)16-6-4-3-5-11(15)20/h9,16H,3-8H2,1-2H3,(H2,15,20). The van der Waals surface area contributed by atoms with Gasteiger partial charge in [0.05, 0.1) is 18.4 Å². The Morgan fingerprint density at radius 2 is 2.19 bits per heavy atom. The Labute approximate surface area is 132 Å². The minimum atomic E-state index is -0.290. The number of aromatic nitrogens is 2. The number of nitrogens with two attached hydrogens (primary N) is 1. The summed E-state index contributed by atoms with van der Waals surface area (Å²) in [5.41, 5.74) is 5.58. The summed E-state index contributed by atoms with van der Waals surface area (Å²) >= 11 is 3.31. The lowest BCUT2D eigenvalue weighted by Crippen LogP contribution is -2.29. The first-order valence-electron chi connectivity index (χ1n) is 6.84. The Morgan fingerprint density at radius 1 is 1.48 bits per heavy atom. The van der Waals surface area contributed by atoms with E-state index in [1.165, 1.54) is 4.68 Å². The van der Waals surface area contributed by atoms with Gasteiger partial charge < -0.3 is 16.0 Å². The quantitative estimate of drug-likeness (QED) is 0.631. The summed E-state index contributed by atoms with van der Waals surface area (Å²) in [6, 6.07) is 0. The van der Waals surface area contributed by atoms with Crippen molar-refractivity contribution in [3.8, 4) is 0 Å². The van der Waals surface area contributed by atoms with Crippen LogP contribution in [0, 0.1) is 0 Å². The molecule has 0 aliphatic carbocycles. The van der Waals surface area contributed by atoms with Crippen LogP contribution in [0.3, 0.4) is 0 Å². The van der Waals surface area contributed by atoms with Crippen LogP contribution in [0.1, 0.15) is 19.3 Å². The van der Waals surface area contributed by atoms with Gasteiger partial charge in [-0.3, -0.25) is 9.59 Å². The summed E-state index contributed by atoms with van der Waals surface area (Å²) in [6.45, 7) is 1.96. The molecule has 1 rings (SSSR count). The number of nitrogens with zero attached hydrogens (tertiary/aromatic N) is 3. The van der Waals surface area contributed by atoms with Crippen LogP contribution in [0.5, 0.6) is 0 Å². The van der Waals surface area contributed by atoms with E-state index in [2.05, 4.69) is 26.3 Å². The van der Waals surface area contributed by atoms with E-state index in [0.717, 1.165) is 19.4 Å². The number of primary amides is 1. The number of amides is 1. The summed E-state index contributed by atoms with van der Waals surface area (Å²) in [5, 5.41) is 7.28. The summed E-state index contributed by atoms with van der Waals surface area (Å²) in [4.78, 5) is 24.7. The van der Waals surface area contributed by atoms with E-state index < -0.39 is 0 Å². The van der Waals surface area contributed by atoms with Crippen LogP contribution < -0.4 is 16.6 Å². The lowest BCUT2D eigenvalue weighted by molar-refractivity contribution is -0.118. The molecular weight excluding hydrogens is 338 g/mol. The molecule has 0 spiro atoms. The van der Waals surface area contributed by atoms with Crippen molar-refractivity contribution in [2.75, 3.05) is 32.5 Å². The first kappa shape index (κ1) is 17.6.